The van der Waals surface area contributed by atoms with E-state index in [9.17, 15) is 4.79 Å². The molecule has 1 aromatic heterocycles. The first kappa shape index (κ1) is 19.6. The summed E-state index contributed by atoms with van der Waals surface area (Å²) < 4.78 is 4.61. The van der Waals surface area contributed by atoms with Crippen molar-refractivity contribution in [2.45, 2.75) is 65.0 Å². The minimum atomic E-state index is 0.0287. The molecule has 3 fully saturated rings. The van der Waals surface area contributed by atoms with Gasteiger partial charge in [-0.05, 0) is 90.3 Å². The van der Waals surface area contributed by atoms with Crippen molar-refractivity contribution in [2.24, 2.45) is 23.2 Å². The molecule has 1 N–H and O–H groups in total. The summed E-state index contributed by atoms with van der Waals surface area (Å²) in [5.74, 6) is 2.97. The Kier molecular flexibility index (Phi) is 5.23. The molecule has 5 heteroatoms. The first-order valence-electron chi connectivity index (χ1n) is 11.4. The van der Waals surface area contributed by atoms with E-state index in [1.807, 2.05) is 30.3 Å². The first-order valence-corrected chi connectivity index (χ1v) is 12.2. The number of nitrogens with zero attached hydrogens (tertiary/aromatic N) is 2. The largest absolute Gasteiger partial charge is 0.311 e. The van der Waals surface area contributed by atoms with Gasteiger partial charge in [0.2, 0.25) is 0 Å². The lowest BCUT2D eigenvalue weighted by Crippen LogP contribution is -2.39. The molecule has 29 heavy (non-hydrogen) atoms. The van der Waals surface area contributed by atoms with Crippen molar-refractivity contribution in [3.8, 4) is 5.69 Å². The average molecular weight is 458 g/mol. The maximum Gasteiger partial charge on any atom is 0.286 e. The third-order valence-electron chi connectivity index (χ3n) is 7.92. The van der Waals surface area contributed by atoms with E-state index in [0.29, 0.717) is 9.89 Å². The predicted octanol–water partition coefficient (Wildman–Crippen LogP) is 5.12. The molecule has 1 heterocycles. The van der Waals surface area contributed by atoms with Crippen LogP contribution in [0, 0.1) is 23.2 Å². The maximum atomic E-state index is 13.0. The second kappa shape index (κ2) is 7.73. The Balaban J connectivity index is 1.36. The molecule has 2 unspecified atom stereocenters. The van der Waals surface area contributed by atoms with Crippen LogP contribution in [0.5, 0.6) is 0 Å². The van der Waals surface area contributed by atoms with Gasteiger partial charge >= 0.3 is 0 Å². The summed E-state index contributed by atoms with van der Waals surface area (Å²) in [6.45, 7) is 4.71. The summed E-state index contributed by atoms with van der Waals surface area (Å²) in [6.07, 6.45) is 10.1. The fourth-order valence-electron chi connectivity index (χ4n) is 6.87. The Bertz CT molecular complexity index is 934. The molecule has 5 rings (SSSR count). The van der Waals surface area contributed by atoms with Crippen LogP contribution in [0.2, 0.25) is 0 Å². The van der Waals surface area contributed by atoms with Gasteiger partial charge in [-0.3, -0.25) is 9.48 Å². The van der Waals surface area contributed by atoms with E-state index in [1.54, 1.807) is 4.68 Å². The van der Waals surface area contributed by atoms with Crippen molar-refractivity contribution in [1.29, 1.82) is 0 Å². The highest BCUT2D eigenvalue weighted by Gasteiger charge is 2.49. The minimum absolute atomic E-state index is 0.0287. The Morgan fingerprint density at radius 1 is 1.17 bits per heavy atom. The van der Waals surface area contributed by atoms with Gasteiger partial charge in [-0.1, -0.05) is 31.0 Å². The number of nitrogens with one attached hydrogen (secondary N) is 1. The van der Waals surface area contributed by atoms with Crippen LogP contribution in [0.25, 0.3) is 5.69 Å². The molecule has 156 valence electrons. The van der Waals surface area contributed by atoms with E-state index >= 15 is 0 Å². The van der Waals surface area contributed by atoms with E-state index in [4.69, 9.17) is 0 Å². The smallest absolute Gasteiger partial charge is 0.286 e. The van der Waals surface area contributed by atoms with Gasteiger partial charge in [0, 0.05) is 19.6 Å². The van der Waals surface area contributed by atoms with Gasteiger partial charge in [0.15, 0.2) is 0 Å². The summed E-state index contributed by atoms with van der Waals surface area (Å²) in [7, 11) is 0. The molecule has 3 aliphatic carbocycles. The average Bonchev–Trinajstić information content (AvgIpc) is 3.10. The van der Waals surface area contributed by atoms with Crippen LogP contribution >= 0.6 is 15.9 Å². The third-order valence-corrected chi connectivity index (χ3v) is 8.71. The molecule has 2 aromatic rings. The van der Waals surface area contributed by atoms with Gasteiger partial charge in [0.25, 0.3) is 5.56 Å². The van der Waals surface area contributed by atoms with Crippen molar-refractivity contribution in [3.05, 3.63) is 50.9 Å². The second-order valence-corrected chi connectivity index (χ2v) is 10.5. The zero-order valence-electron chi connectivity index (χ0n) is 17.4. The highest BCUT2D eigenvalue weighted by atomic mass is 79.9. The summed E-state index contributed by atoms with van der Waals surface area (Å²) in [5.41, 5.74) is 2.50. The maximum absolute atomic E-state index is 13.0. The van der Waals surface area contributed by atoms with Crippen molar-refractivity contribution in [1.82, 2.24) is 14.7 Å². The lowest BCUT2D eigenvalue weighted by atomic mass is 9.67. The van der Waals surface area contributed by atoms with Crippen molar-refractivity contribution in [2.75, 3.05) is 6.54 Å². The van der Waals surface area contributed by atoms with E-state index in [0.717, 1.165) is 48.8 Å². The fraction of sp³-hybridized carbons (Fsp3) is 0.625. The number of aromatic nitrogens is 2. The highest BCUT2D eigenvalue weighted by Crippen LogP contribution is 2.58. The fourth-order valence-corrected chi connectivity index (χ4v) is 7.38. The number of para-hydroxylation sites is 1. The van der Waals surface area contributed by atoms with Gasteiger partial charge in [-0.15, -0.1) is 0 Å². The molecule has 0 saturated heterocycles. The molecule has 1 aromatic carbocycles. The molecular weight excluding hydrogens is 426 g/mol. The molecule has 3 saturated carbocycles. The number of rotatable bonds is 6. The molecule has 0 aliphatic heterocycles. The lowest BCUT2D eigenvalue weighted by Gasteiger charge is -2.40. The van der Waals surface area contributed by atoms with Crippen LogP contribution in [0.3, 0.4) is 0 Å². The van der Waals surface area contributed by atoms with Crippen LogP contribution in [-0.2, 0) is 13.1 Å². The van der Waals surface area contributed by atoms with E-state index < -0.39 is 0 Å². The standard InChI is InChI=1S/C24H32BrN3O/c1-2-27-21(22(25)23(29)28(27)20-8-4-3-5-9-20)15-26-16-24-10-6-7-18-11-17(13-24)12-19(18)14-24/h3-5,8-9,17-19,26H,2,6-7,10-16H2,1H3/t17-,18-,19?,24?/m0/s1. The van der Waals surface area contributed by atoms with Crippen LogP contribution in [0.15, 0.2) is 39.6 Å². The molecule has 0 spiro atoms. The predicted molar refractivity (Wildman–Crippen MR) is 120 cm³/mol. The summed E-state index contributed by atoms with van der Waals surface area (Å²) in [5, 5.41) is 3.79. The minimum Gasteiger partial charge on any atom is -0.311 e. The summed E-state index contributed by atoms with van der Waals surface area (Å²) in [4.78, 5) is 13.0. The molecule has 3 bridgehead atoms. The SMILES string of the molecule is CCn1c(CNCC23CCC[C@H]4C[C@@H](CC4C2)C3)c(Br)c(=O)n1-c1ccccc1. The molecule has 4 atom stereocenters. The first-order chi connectivity index (χ1) is 14.1. The van der Waals surface area contributed by atoms with Gasteiger partial charge in [0.05, 0.1) is 11.4 Å². The molecule has 4 nitrogen and oxygen atoms in total. The Morgan fingerprint density at radius 3 is 2.76 bits per heavy atom. The van der Waals surface area contributed by atoms with Gasteiger partial charge in [-0.25, -0.2) is 4.68 Å². The van der Waals surface area contributed by atoms with Crippen molar-refractivity contribution >= 4 is 15.9 Å². The number of benzene rings is 1. The number of hydrogen-bond donors (Lipinski definition) is 1. The second-order valence-electron chi connectivity index (χ2n) is 9.69. The topological polar surface area (TPSA) is 39.0 Å². The molecule has 0 amide bonds. The zero-order chi connectivity index (χ0) is 20.0. The summed E-state index contributed by atoms with van der Waals surface area (Å²) >= 11 is 3.60. The number of halogens is 1. The Labute approximate surface area is 181 Å². The normalized spacial score (nSPS) is 30.6. The van der Waals surface area contributed by atoms with Crippen LogP contribution in [0.4, 0.5) is 0 Å². The van der Waals surface area contributed by atoms with Gasteiger partial charge in [0.1, 0.15) is 4.47 Å². The third kappa shape index (κ3) is 3.44. The quantitative estimate of drug-likeness (QED) is 0.653. The number of fused-ring (bicyclic) bond motifs is 2. The van der Waals surface area contributed by atoms with E-state index in [2.05, 4.69) is 32.9 Å². The van der Waals surface area contributed by atoms with Crippen LogP contribution in [0.1, 0.15) is 57.6 Å². The Hall–Kier alpha value is -1.33. The monoisotopic (exact) mass is 457 g/mol. The molecular formula is C24H32BrN3O. The van der Waals surface area contributed by atoms with Gasteiger partial charge in [-0.2, -0.15) is 0 Å². The van der Waals surface area contributed by atoms with Crippen molar-refractivity contribution in [3.63, 3.8) is 0 Å². The van der Waals surface area contributed by atoms with Crippen LogP contribution in [-0.4, -0.2) is 15.9 Å². The van der Waals surface area contributed by atoms with Gasteiger partial charge < -0.3 is 5.32 Å². The number of hydrogen-bond acceptors (Lipinski definition) is 2. The van der Waals surface area contributed by atoms with E-state index in [1.165, 1.54) is 44.9 Å². The van der Waals surface area contributed by atoms with Crippen molar-refractivity contribution < 1.29 is 0 Å². The van der Waals surface area contributed by atoms with E-state index in [-0.39, 0.29) is 5.56 Å². The zero-order valence-corrected chi connectivity index (χ0v) is 19.0. The van der Waals surface area contributed by atoms with Crippen LogP contribution < -0.4 is 10.9 Å². The Morgan fingerprint density at radius 2 is 1.97 bits per heavy atom. The molecule has 3 aliphatic rings. The lowest BCUT2D eigenvalue weighted by molar-refractivity contribution is 0.120. The highest BCUT2D eigenvalue weighted by molar-refractivity contribution is 9.10. The summed E-state index contributed by atoms with van der Waals surface area (Å²) in [6, 6.07) is 9.94. The molecule has 0 radical (unpaired) electrons.